The minimum Gasteiger partial charge on any atom is -0.309 e. The second-order valence-electron chi connectivity index (χ2n) is 4.18. The molecule has 0 aliphatic rings. The summed E-state index contributed by atoms with van der Waals surface area (Å²) in [5.74, 6) is 0. The van der Waals surface area contributed by atoms with Crippen LogP contribution in [0.1, 0.15) is 27.6 Å². The van der Waals surface area contributed by atoms with Crippen LogP contribution in [0.4, 0.5) is 0 Å². The van der Waals surface area contributed by atoms with Gasteiger partial charge in [0, 0.05) is 14.7 Å². The molecular weight excluding hydrogens is 294 g/mol. The van der Waals surface area contributed by atoms with Crippen LogP contribution in [0.5, 0.6) is 0 Å². The van der Waals surface area contributed by atoms with E-state index in [9.17, 15) is 0 Å². The Morgan fingerprint density at radius 3 is 2.65 bits per heavy atom. The molecule has 3 heteroatoms. The Balaban J connectivity index is 2.45. The molecule has 0 spiro atoms. The minimum atomic E-state index is 0.284. The molecule has 0 amide bonds. The highest BCUT2D eigenvalue weighted by Gasteiger charge is 2.16. The van der Waals surface area contributed by atoms with Crippen molar-refractivity contribution in [3.63, 3.8) is 0 Å². The number of benzene rings is 1. The van der Waals surface area contributed by atoms with Crippen molar-refractivity contribution in [3.05, 3.63) is 55.7 Å². The molecule has 0 saturated carbocycles. The highest BCUT2D eigenvalue weighted by Crippen LogP contribution is 2.32. The lowest BCUT2D eigenvalue weighted by atomic mass is 9.96. The third-order valence-electron chi connectivity index (χ3n) is 3.12. The molecule has 0 aliphatic heterocycles. The SMILES string of the molecule is CNC(c1cc(Br)cs1)c1cccc(C)c1C. The zero-order chi connectivity index (χ0) is 12.4. The van der Waals surface area contributed by atoms with Crippen LogP contribution in [-0.4, -0.2) is 7.05 Å². The Morgan fingerprint density at radius 2 is 2.06 bits per heavy atom. The molecule has 17 heavy (non-hydrogen) atoms. The highest BCUT2D eigenvalue weighted by atomic mass is 79.9. The maximum atomic E-state index is 3.52. The van der Waals surface area contributed by atoms with E-state index in [4.69, 9.17) is 0 Å². The van der Waals surface area contributed by atoms with E-state index in [1.165, 1.54) is 21.6 Å². The van der Waals surface area contributed by atoms with Gasteiger partial charge < -0.3 is 5.32 Å². The summed E-state index contributed by atoms with van der Waals surface area (Å²) in [7, 11) is 2.01. The third-order valence-corrected chi connectivity index (χ3v) is 4.88. The van der Waals surface area contributed by atoms with Crippen molar-refractivity contribution >= 4 is 27.3 Å². The van der Waals surface area contributed by atoms with Gasteiger partial charge in [-0.25, -0.2) is 0 Å². The molecule has 1 heterocycles. The molecule has 1 N–H and O–H groups in total. The van der Waals surface area contributed by atoms with Crippen LogP contribution in [0.25, 0.3) is 0 Å². The van der Waals surface area contributed by atoms with Gasteiger partial charge >= 0.3 is 0 Å². The van der Waals surface area contributed by atoms with Crippen LogP contribution in [-0.2, 0) is 0 Å². The third kappa shape index (κ3) is 2.62. The van der Waals surface area contributed by atoms with E-state index in [1.807, 2.05) is 7.05 Å². The van der Waals surface area contributed by atoms with Crippen molar-refractivity contribution in [2.45, 2.75) is 19.9 Å². The lowest BCUT2D eigenvalue weighted by Gasteiger charge is -2.18. The second-order valence-corrected chi connectivity index (χ2v) is 6.04. The highest BCUT2D eigenvalue weighted by molar-refractivity contribution is 9.10. The molecular formula is C14H16BrNS. The van der Waals surface area contributed by atoms with Gasteiger partial charge in [-0.2, -0.15) is 0 Å². The normalized spacial score (nSPS) is 12.7. The summed E-state index contributed by atoms with van der Waals surface area (Å²) in [6, 6.07) is 8.97. The van der Waals surface area contributed by atoms with E-state index in [0.717, 1.165) is 4.47 Å². The summed E-state index contributed by atoms with van der Waals surface area (Å²) in [5, 5.41) is 5.54. The Morgan fingerprint density at radius 1 is 1.29 bits per heavy atom. The van der Waals surface area contributed by atoms with E-state index < -0.39 is 0 Å². The smallest absolute Gasteiger partial charge is 0.0671 e. The predicted molar refractivity (Wildman–Crippen MR) is 78.8 cm³/mol. The summed E-state index contributed by atoms with van der Waals surface area (Å²) in [4.78, 5) is 1.34. The van der Waals surface area contributed by atoms with Crippen LogP contribution < -0.4 is 5.32 Å². The summed E-state index contributed by atoms with van der Waals surface area (Å²) >= 11 is 5.30. The van der Waals surface area contributed by atoms with Crippen LogP contribution >= 0.6 is 27.3 Å². The molecule has 1 unspecified atom stereocenters. The minimum absolute atomic E-state index is 0.284. The quantitative estimate of drug-likeness (QED) is 0.884. The first-order valence-electron chi connectivity index (χ1n) is 5.60. The van der Waals surface area contributed by atoms with Gasteiger partial charge in [0.15, 0.2) is 0 Å². The first kappa shape index (κ1) is 12.8. The molecule has 2 rings (SSSR count). The standard InChI is InChI=1S/C14H16BrNS/c1-9-5-4-6-12(10(9)2)14(16-3)13-7-11(15)8-17-13/h4-8,14,16H,1-3H3. The van der Waals surface area contributed by atoms with Crippen molar-refractivity contribution in [1.82, 2.24) is 5.32 Å². The van der Waals surface area contributed by atoms with Gasteiger partial charge in [-0.05, 0) is 59.6 Å². The van der Waals surface area contributed by atoms with Crippen molar-refractivity contribution in [2.24, 2.45) is 0 Å². The van der Waals surface area contributed by atoms with E-state index in [-0.39, 0.29) is 6.04 Å². The van der Waals surface area contributed by atoms with Crippen molar-refractivity contribution in [2.75, 3.05) is 7.05 Å². The Bertz CT molecular complexity index is 519. The number of rotatable bonds is 3. The average molecular weight is 310 g/mol. The fraction of sp³-hybridized carbons (Fsp3) is 0.286. The maximum absolute atomic E-state index is 3.52. The van der Waals surface area contributed by atoms with Crippen molar-refractivity contribution < 1.29 is 0 Å². The molecule has 1 aromatic carbocycles. The Labute approximate surface area is 115 Å². The van der Waals surface area contributed by atoms with Crippen LogP contribution in [0.15, 0.2) is 34.1 Å². The number of hydrogen-bond donors (Lipinski definition) is 1. The number of nitrogens with one attached hydrogen (secondary N) is 1. The first-order valence-corrected chi connectivity index (χ1v) is 7.28. The zero-order valence-electron chi connectivity index (χ0n) is 10.3. The average Bonchev–Trinajstić information content (AvgIpc) is 2.72. The molecule has 0 radical (unpaired) electrons. The lowest BCUT2D eigenvalue weighted by Crippen LogP contribution is -2.17. The summed E-state index contributed by atoms with van der Waals surface area (Å²) in [6.45, 7) is 4.35. The van der Waals surface area contributed by atoms with Crippen molar-refractivity contribution in [1.29, 1.82) is 0 Å². The molecule has 0 bridgehead atoms. The number of thiophene rings is 1. The van der Waals surface area contributed by atoms with E-state index >= 15 is 0 Å². The van der Waals surface area contributed by atoms with Gasteiger partial charge in [-0.3, -0.25) is 0 Å². The van der Waals surface area contributed by atoms with E-state index in [1.54, 1.807) is 11.3 Å². The van der Waals surface area contributed by atoms with Gasteiger partial charge in [-0.1, -0.05) is 18.2 Å². The number of hydrogen-bond acceptors (Lipinski definition) is 2. The molecule has 0 aliphatic carbocycles. The fourth-order valence-corrected chi connectivity index (χ4v) is 3.59. The monoisotopic (exact) mass is 309 g/mol. The second kappa shape index (κ2) is 5.34. The Kier molecular flexibility index (Phi) is 4.02. The summed E-state index contributed by atoms with van der Waals surface area (Å²) < 4.78 is 1.16. The topological polar surface area (TPSA) is 12.0 Å². The van der Waals surface area contributed by atoms with Gasteiger partial charge in [-0.15, -0.1) is 11.3 Å². The first-order chi connectivity index (χ1) is 8.13. The van der Waals surface area contributed by atoms with Gasteiger partial charge in [0.25, 0.3) is 0 Å². The summed E-state index contributed by atoms with van der Waals surface area (Å²) in [5.41, 5.74) is 4.08. The van der Waals surface area contributed by atoms with Gasteiger partial charge in [0.1, 0.15) is 0 Å². The fourth-order valence-electron chi connectivity index (χ4n) is 2.02. The van der Waals surface area contributed by atoms with Crippen LogP contribution in [0.3, 0.4) is 0 Å². The summed E-state index contributed by atoms with van der Waals surface area (Å²) in [6.07, 6.45) is 0. The maximum Gasteiger partial charge on any atom is 0.0671 e. The van der Waals surface area contributed by atoms with Gasteiger partial charge in [0.2, 0.25) is 0 Å². The Hall–Kier alpha value is -0.640. The zero-order valence-corrected chi connectivity index (χ0v) is 12.7. The van der Waals surface area contributed by atoms with Crippen LogP contribution in [0, 0.1) is 13.8 Å². The number of halogens is 1. The predicted octanol–water partition coefficient (Wildman–Crippen LogP) is 4.44. The number of aryl methyl sites for hydroxylation is 1. The molecule has 0 saturated heterocycles. The largest absolute Gasteiger partial charge is 0.309 e. The van der Waals surface area contributed by atoms with E-state index in [0.29, 0.717) is 0 Å². The van der Waals surface area contributed by atoms with Gasteiger partial charge in [0.05, 0.1) is 6.04 Å². The van der Waals surface area contributed by atoms with Crippen molar-refractivity contribution in [3.8, 4) is 0 Å². The molecule has 1 nitrogen and oxygen atoms in total. The van der Waals surface area contributed by atoms with E-state index in [2.05, 4.69) is 64.7 Å². The lowest BCUT2D eigenvalue weighted by molar-refractivity contribution is 0.698. The molecule has 1 atom stereocenters. The molecule has 1 aromatic heterocycles. The molecule has 0 fully saturated rings. The van der Waals surface area contributed by atoms with Crippen LogP contribution in [0.2, 0.25) is 0 Å². The molecule has 90 valence electrons. The molecule has 2 aromatic rings.